The van der Waals surface area contributed by atoms with E-state index in [1.165, 1.54) is 0 Å². The van der Waals surface area contributed by atoms with Crippen molar-refractivity contribution in [2.75, 3.05) is 40.6 Å². The lowest BCUT2D eigenvalue weighted by Crippen LogP contribution is -2.53. The number of aliphatic imine (C=N–C) groups is 1. The number of amides is 1. The Morgan fingerprint density at radius 3 is 2.51 bits per heavy atom. The molecule has 1 atom stereocenters. The summed E-state index contributed by atoms with van der Waals surface area (Å²) in [6, 6.07) is 22.7. The molecule has 0 aromatic heterocycles. The van der Waals surface area contributed by atoms with E-state index in [0.717, 1.165) is 28.2 Å². The van der Waals surface area contributed by atoms with Gasteiger partial charge in [0.1, 0.15) is 23.9 Å². The fraction of sp³-hybridized carbons (Fsp3) is 0.333. The lowest BCUT2D eigenvalue weighted by Gasteiger charge is -2.23. The molecule has 0 aliphatic carbocycles. The van der Waals surface area contributed by atoms with Crippen LogP contribution in [0.2, 0.25) is 0 Å². The Bertz CT molecular complexity index is 1250. The third kappa shape index (κ3) is 7.28. The highest BCUT2D eigenvalue weighted by molar-refractivity contribution is 6.00. The smallest absolute Gasteiger partial charge is 0.266 e. The molecule has 0 bridgehead atoms. The number of methoxy groups -OCH3 is 2. The van der Waals surface area contributed by atoms with E-state index in [1.54, 1.807) is 14.2 Å². The Hall–Kier alpha value is -4.08. The molecule has 0 spiro atoms. The van der Waals surface area contributed by atoms with Gasteiger partial charge >= 0.3 is 0 Å². The number of carbonyl (C=O) groups excluding carboxylic acids is 1. The Morgan fingerprint density at radius 1 is 1.03 bits per heavy atom. The van der Waals surface area contributed by atoms with Crippen LogP contribution in [0.15, 0.2) is 77.8 Å². The van der Waals surface area contributed by atoms with Crippen LogP contribution in [0.3, 0.4) is 0 Å². The number of aliphatic hydroxyl groups excluding tert-OH is 1. The second kappa shape index (κ2) is 13.6. The zero-order valence-corrected chi connectivity index (χ0v) is 22.3. The van der Waals surface area contributed by atoms with Gasteiger partial charge in [-0.05, 0) is 60.0 Å². The minimum absolute atomic E-state index is 0.0817. The molecule has 9 nitrogen and oxygen atoms in total. The van der Waals surface area contributed by atoms with Crippen molar-refractivity contribution in [3.05, 3.63) is 89.5 Å². The van der Waals surface area contributed by atoms with Gasteiger partial charge in [-0.15, -0.1) is 0 Å². The van der Waals surface area contributed by atoms with Crippen molar-refractivity contribution in [3.8, 4) is 17.2 Å². The van der Waals surface area contributed by atoms with E-state index in [2.05, 4.69) is 10.9 Å². The maximum atomic E-state index is 13.5. The average Bonchev–Trinajstić information content (AvgIpc) is 3.41. The summed E-state index contributed by atoms with van der Waals surface area (Å²) in [5, 5.41) is 8.93. The van der Waals surface area contributed by atoms with E-state index < -0.39 is 5.54 Å². The van der Waals surface area contributed by atoms with Crippen LogP contribution in [0.1, 0.15) is 23.1 Å². The number of carbonyl (C=O) groups is 1. The highest BCUT2D eigenvalue weighted by Crippen LogP contribution is 2.28. The van der Waals surface area contributed by atoms with Crippen molar-refractivity contribution >= 4 is 11.8 Å². The summed E-state index contributed by atoms with van der Waals surface area (Å²) in [6.45, 7) is 1.11. The maximum Gasteiger partial charge on any atom is 0.266 e. The van der Waals surface area contributed by atoms with Crippen molar-refractivity contribution in [1.29, 1.82) is 0 Å². The monoisotopic (exact) mass is 533 g/mol. The molecule has 4 rings (SSSR count). The summed E-state index contributed by atoms with van der Waals surface area (Å²) in [5.74, 6) is 2.32. The Kier molecular flexibility index (Phi) is 9.77. The molecule has 39 heavy (non-hydrogen) atoms. The first-order valence-corrected chi connectivity index (χ1v) is 12.9. The first-order chi connectivity index (χ1) is 19.1. The average molecular weight is 534 g/mol. The van der Waals surface area contributed by atoms with E-state index in [0.29, 0.717) is 44.1 Å². The first-order valence-electron chi connectivity index (χ1n) is 12.9. The number of hydrogen-bond acceptors (Lipinski definition) is 8. The molecule has 206 valence electrons. The SMILES string of the molecule is COc1ccc(OC)c(CCNNC(=O)[C@]2(Cc3ccccc3)COC(c3ccc(OCCCO)cc3)=N2)c1. The topological polar surface area (TPSA) is 111 Å². The van der Waals surface area contributed by atoms with Crippen LogP contribution >= 0.6 is 0 Å². The summed E-state index contributed by atoms with van der Waals surface area (Å²) >= 11 is 0. The van der Waals surface area contributed by atoms with E-state index in [-0.39, 0.29) is 19.1 Å². The number of aliphatic hydroxyl groups is 1. The van der Waals surface area contributed by atoms with Crippen molar-refractivity contribution in [2.45, 2.75) is 24.8 Å². The molecule has 1 aliphatic heterocycles. The molecule has 3 aromatic rings. The quantitative estimate of drug-likeness (QED) is 0.216. The van der Waals surface area contributed by atoms with Gasteiger partial charge in [-0.25, -0.2) is 10.4 Å². The summed E-state index contributed by atoms with van der Waals surface area (Å²) in [4.78, 5) is 18.3. The van der Waals surface area contributed by atoms with Gasteiger partial charge in [0, 0.05) is 31.6 Å². The Balaban J connectivity index is 1.45. The summed E-state index contributed by atoms with van der Waals surface area (Å²) in [7, 11) is 3.25. The molecule has 0 fully saturated rings. The molecule has 3 aromatic carbocycles. The van der Waals surface area contributed by atoms with Crippen LogP contribution in [0.4, 0.5) is 0 Å². The van der Waals surface area contributed by atoms with E-state index >= 15 is 0 Å². The fourth-order valence-corrected chi connectivity index (χ4v) is 4.30. The lowest BCUT2D eigenvalue weighted by atomic mass is 9.91. The van der Waals surface area contributed by atoms with Gasteiger partial charge in [0.15, 0.2) is 5.54 Å². The Morgan fingerprint density at radius 2 is 1.79 bits per heavy atom. The van der Waals surface area contributed by atoms with Gasteiger partial charge in [-0.2, -0.15) is 0 Å². The van der Waals surface area contributed by atoms with Crippen LogP contribution < -0.4 is 25.1 Å². The minimum atomic E-state index is -1.13. The van der Waals surface area contributed by atoms with Gasteiger partial charge in [0.05, 0.1) is 20.8 Å². The number of hydrogen-bond donors (Lipinski definition) is 3. The molecular weight excluding hydrogens is 498 g/mol. The molecule has 0 saturated carbocycles. The molecular formula is C30H35N3O6. The van der Waals surface area contributed by atoms with Gasteiger partial charge in [-0.3, -0.25) is 10.2 Å². The second-order valence-corrected chi connectivity index (χ2v) is 9.16. The summed E-state index contributed by atoms with van der Waals surface area (Å²) in [5.41, 5.74) is 7.45. The summed E-state index contributed by atoms with van der Waals surface area (Å²) in [6.07, 6.45) is 1.57. The highest BCUT2D eigenvalue weighted by atomic mass is 16.5. The van der Waals surface area contributed by atoms with Crippen molar-refractivity contribution in [2.24, 2.45) is 4.99 Å². The number of nitrogens with zero attached hydrogens (tertiary/aromatic N) is 1. The lowest BCUT2D eigenvalue weighted by molar-refractivity contribution is -0.127. The molecule has 1 amide bonds. The highest BCUT2D eigenvalue weighted by Gasteiger charge is 2.44. The standard InChI is InChI=1S/C30H35N3O6/c1-36-26-13-14-27(37-2)24(19-26)15-16-31-33-29(35)30(20-22-7-4-3-5-8-22)21-39-28(32-30)23-9-11-25(12-10-23)38-18-6-17-34/h3-5,7-14,19,31,34H,6,15-18,20-21H2,1-2H3,(H,33,35)/t30-/m0/s1. The second-order valence-electron chi connectivity index (χ2n) is 9.16. The van der Waals surface area contributed by atoms with Crippen LogP contribution in [0.5, 0.6) is 17.2 Å². The van der Waals surface area contributed by atoms with Crippen molar-refractivity contribution in [3.63, 3.8) is 0 Å². The predicted octanol–water partition coefficient (Wildman–Crippen LogP) is 3.09. The third-order valence-electron chi connectivity index (χ3n) is 6.41. The molecule has 1 aliphatic rings. The molecule has 9 heteroatoms. The molecule has 0 unspecified atom stereocenters. The van der Waals surface area contributed by atoms with Gasteiger partial charge in [0.2, 0.25) is 5.90 Å². The van der Waals surface area contributed by atoms with Gasteiger partial charge in [0.25, 0.3) is 5.91 Å². The molecule has 0 radical (unpaired) electrons. The number of nitrogens with one attached hydrogen (secondary N) is 2. The Labute approximate surface area is 228 Å². The third-order valence-corrected chi connectivity index (χ3v) is 6.41. The van der Waals surface area contributed by atoms with Gasteiger partial charge < -0.3 is 24.1 Å². The predicted molar refractivity (Wildman–Crippen MR) is 148 cm³/mol. The number of hydrazine groups is 1. The van der Waals surface area contributed by atoms with E-state index in [4.69, 9.17) is 29.0 Å². The maximum absolute atomic E-state index is 13.5. The van der Waals surface area contributed by atoms with Crippen molar-refractivity contribution in [1.82, 2.24) is 10.9 Å². The van der Waals surface area contributed by atoms with Crippen LogP contribution in [-0.4, -0.2) is 63.0 Å². The van der Waals surface area contributed by atoms with Crippen LogP contribution in [0, 0.1) is 0 Å². The largest absolute Gasteiger partial charge is 0.497 e. The van der Waals surface area contributed by atoms with E-state index in [9.17, 15) is 4.79 Å². The van der Waals surface area contributed by atoms with Crippen molar-refractivity contribution < 1.29 is 28.8 Å². The summed E-state index contributed by atoms with van der Waals surface area (Å²) < 4.78 is 22.4. The first kappa shape index (κ1) is 27.9. The normalized spacial score (nSPS) is 16.2. The number of ether oxygens (including phenoxy) is 4. The zero-order valence-electron chi connectivity index (χ0n) is 22.3. The van der Waals surface area contributed by atoms with Crippen LogP contribution in [-0.2, 0) is 22.4 Å². The number of rotatable bonds is 14. The number of benzene rings is 3. The van der Waals surface area contributed by atoms with Gasteiger partial charge in [-0.1, -0.05) is 30.3 Å². The molecule has 3 N–H and O–H groups in total. The fourth-order valence-electron chi connectivity index (χ4n) is 4.30. The molecule has 1 heterocycles. The van der Waals surface area contributed by atoms with Crippen LogP contribution in [0.25, 0.3) is 0 Å². The van der Waals surface area contributed by atoms with E-state index in [1.807, 2.05) is 72.8 Å². The zero-order chi connectivity index (χ0) is 27.5. The molecule has 0 saturated heterocycles. The minimum Gasteiger partial charge on any atom is -0.497 e.